The van der Waals surface area contributed by atoms with Crippen LogP contribution in [0.4, 0.5) is 5.69 Å². The lowest BCUT2D eigenvalue weighted by atomic mass is 10.0. The van der Waals surface area contributed by atoms with Gasteiger partial charge in [0, 0.05) is 23.2 Å². The smallest absolute Gasteiger partial charge is 0.305 e. The molecule has 0 saturated carbocycles. The van der Waals surface area contributed by atoms with Crippen LogP contribution in [-0.4, -0.2) is 46.1 Å². The number of aromatic nitrogens is 2. The third-order valence-electron chi connectivity index (χ3n) is 5.63. The van der Waals surface area contributed by atoms with Crippen molar-refractivity contribution in [3.63, 3.8) is 0 Å². The molecule has 0 aliphatic heterocycles. The molecule has 2 aromatic heterocycles. The Kier molecular flexibility index (Phi) is 7.79. The summed E-state index contributed by atoms with van der Waals surface area (Å²) in [7, 11) is 0. The minimum atomic E-state index is -0.953. The van der Waals surface area contributed by atoms with E-state index >= 15 is 0 Å². The number of carboxylic acid groups (broad SMARTS) is 1. The summed E-state index contributed by atoms with van der Waals surface area (Å²) in [6.45, 7) is 4.66. The van der Waals surface area contributed by atoms with Crippen LogP contribution in [0.15, 0.2) is 71.4 Å². The van der Waals surface area contributed by atoms with Crippen LogP contribution in [0.25, 0.3) is 22.6 Å². The summed E-state index contributed by atoms with van der Waals surface area (Å²) < 4.78 is 11.8. The molecule has 186 valence electrons. The van der Waals surface area contributed by atoms with Crippen molar-refractivity contribution in [3.8, 4) is 17.3 Å². The number of furan rings is 1. The van der Waals surface area contributed by atoms with Crippen LogP contribution >= 0.6 is 0 Å². The van der Waals surface area contributed by atoms with Gasteiger partial charge < -0.3 is 24.9 Å². The number of amides is 1. The number of anilines is 1. The van der Waals surface area contributed by atoms with Crippen molar-refractivity contribution < 1.29 is 23.8 Å². The summed E-state index contributed by atoms with van der Waals surface area (Å²) in [5.74, 6) is 0.645. The maximum absolute atomic E-state index is 12.1. The number of rotatable bonds is 11. The molecule has 0 saturated heterocycles. The number of nitrogens with one attached hydrogen (secondary N) is 2. The summed E-state index contributed by atoms with van der Waals surface area (Å²) >= 11 is 0. The zero-order valence-corrected chi connectivity index (χ0v) is 20.1. The van der Waals surface area contributed by atoms with Crippen LogP contribution in [0.1, 0.15) is 30.6 Å². The van der Waals surface area contributed by atoms with Crippen LogP contribution in [0.5, 0.6) is 5.75 Å². The van der Waals surface area contributed by atoms with Crippen LogP contribution < -0.4 is 15.4 Å². The van der Waals surface area contributed by atoms with E-state index in [4.69, 9.17) is 14.3 Å². The molecule has 0 aliphatic carbocycles. The largest absolute Gasteiger partial charge is 0.488 e. The van der Waals surface area contributed by atoms with Crippen molar-refractivity contribution in [1.29, 1.82) is 0 Å². The zero-order valence-electron chi connectivity index (χ0n) is 20.1. The van der Waals surface area contributed by atoms with Gasteiger partial charge >= 0.3 is 5.97 Å². The first kappa shape index (κ1) is 24.7. The van der Waals surface area contributed by atoms with E-state index in [1.807, 2.05) is 42.5 Å². The third kappa shape index (κ3) is 6.38. The van der Waals surface area contributed by atoms with Crippen molar-refractivity contribution in [2.75, 3.05) is 18.5 Å². The number of carbonyl (C=O) groups is 2. The lowest BCUT2D eigenvalue weighted by Gasteiger charge is -2.23. The van der Waals surface area contributed by atoms with Crippen molar-refractivity contribution in [3.05, 3.63) is 72.6 Å². The Morgan fingerprint density at radius 1 is 1.06 bits per heavy atom. The average molecular weight is 489 g/mol. The second-order valence-corrected chi connectivity index (χ2v) is 8.67. The van der Waals surface area contributed by atoms with Gasteiger partial charge in [-0.15, -0.1) is 0 Å². The van der Waals surface area contributed by atoms with Gasteiger partial charge in [0.15, 0.2) is 17.3 Å². The van der Waals surface area contributed by atoms with Gasteiger partial charge in [0.2, 0.25) is 0 Å². The molecule has 0 unspecified atom stereocenters. The Bertz CT molecular complexity index is 1280. The Balaban J connectivity index is 1.32. The van der Waals surface area contributed by atoms with Crippen LogP contribution in [0, 0.1) is 5.92 Å². The fourth-order valence-corrected chi connectivity index (χ4v) is 3.51. The average Bonchev–Trinajstić information content (AvgIpc) is 3.31. The third-order valence-corrected chi connectivity index (χ3v) is 5.63. The quantitative estimate of drug-likeness (QED) is 0.279. The van der Waals surface area contributed by atoms with Crippen molar-refractivity contribution >= 4 is 28.5 Å². The number of para-hydroxylation sites is 1. The summed E-state index contributed by atoms with van der Waals surface area (Å²) in [6.07, 6.45) is 3.14. The van der Waals surface area contributed by atoms with E-state index in [-0.39, 0.29) is 30.8 Å². The van der Waals surface area contributed by atoms with Gasteiger partial charge in [-0.25, -0.2) is 9.97 Å². The van der Waals surface area contributed by atoms with E-state index in [2.05, 4.69) is 34.4 Å². The van der Waals surface area contributed by atoms with E-state index in [0.29, 0.717) is 29.5 Å². The van der Waals surface area contributed by atoms with Crippen LogP contribution in [-0.2, 0) is 4.79 Å². The van der Waals surface area contributed by atoms with Crippen molar-refractivity contribution in [2.45, 2.75) is 26.3 Å². The summed E-state index contributed by atoms with van der Waals surface area (Å²) in [4.78, 5) is 31.5. The number of ether oxygens (including phenoxy) is 1. The predicted molar refractivity (Wildman–Crippen MR) is 136 cm³/mol. The van der Waals surface area contributed by atoms with E-state index < -0.39 is 5.97 Å². The van der Waals surface area contributed by atoms with Gasteiger partial charge in [-0.2, -0.15) is 0 Å². The summed E-state index contributed by atoms with van der Waals surface area (Å²) in [5, 5.41) is 15.7. The topological polar surface area (TPSA) is 127 Å². The molecule has 1 atom stereocenters. The highest BCUT2D eigenvalue weighted by Crippen LogP contribution is 2.26. The molecule has 4 rings (SSSR count). The lowest BCUT2D eigenvalue weighted by molar-refractivity contribution is -0.136. The van der Waals surface area contributed by atoms with Crippen molar-refractivity contribution in [1.82, 2.24) is 15.3 Å². The molecule has 0 radical (unpaired) electrons. The molecule has 2 heterocycles. The fourth-order valence-electron chi connectivity index (χ4n) is 3.51. The molecule has 1 amide bonds. The number of fused-ring (bicyclic) bond motifs is 1. The Hall–Kier alpha value is -4.40. The first-order valence-electron chi connectivity index (χ1n) is 11.7. The normalized spacial score (nSPS) is 11.9. The molecule has 36 heavy (non-hydrogen) atoms. The number of hydrogen-bond donors (Lipinski definition) is 3. The Morgan fingerprint density at radius 3 is 2.44 bits per heavy atom. The van der Waals surface area contributed by atoms with E-state index in [1.54, 1.807) is 24.5 Å². The SMILES string of the molecule is CC(C)[C@@H](COc1cnc(-c2cc3ccccc3o2)nc1)Nc1ccc(C(=O)NCCC(=O)O)cc1. The van der Waals surface area contributed by atoms with Gasteiger partial charge in [-0.1, -0.05) is 32.0 Å². The molecular formula is C27H28N4O5. The van der Waals surface area contributed by atoms with Gasteiger partial charge in [-0.05, 0) is 42.3 Å². The Labute approximate surface area is 208 Å². The Morgan fingerprint density at radius 2 is 1.78 bits per heavy atom. The number of hydrogen-bond acceptors (Lipinski definition) is 7. The molecule has 4 aromatic rings. The number of carboxylic acids is 1. The first-order chi connectivity index (χ1) is 17.4. The summed E-state index contributed by atoms with van der Waals surface area (Å²) in [6, 6.07) is 16.7. The van der Waals surface area contributed by atoms with Gasteiger partial charge in [0.05, 0.1) is 24.9 Å². The number of carbonyl (C=O) groups excluding carboxylic acids is 1. The van der Waals surface area contributed by atoms with Gasteiger partial charge in [0.25, 0.3) is 5.91 Å². The van der Waals surface area contributed by atoms with Crippen LogP contribution in [0.3, 0.4) is 0 Å². The second kappa shape index (κ2) is 11.4. The van der Waals surface area contributed by atoms with Crippen LogP contribution in [0.2, 0.25) is 0 Å². The molecular weight excluding hydrogens is 460 g/mol. The minimum absolute atomic E-state index is 0.00436. The summed E-state index contributed by atoms with van der Waals surface area (Å²) in [5.41, 5.74) is 2.09. The fraction of sp³-hybridized carbons (Fsp3) is 0.259. The van der Waals surface area contributed by atoms with Gasteiger partial charge in [0.1, 0.15) is 12.2 Å². The number of aliphatic carboxylic acids is 1. The minimum Gasteiger partial charge on any atom is -0.488 e. The van der Waals surface area contributed by atoms with Crippen molar-refractivity contribution in [2.24, 2.45) is 5.92 Å². The molecule has 0 bridgehead atoms. The predicted octanol–water partition coefficient (Wildman–Crippen LogP) is 4.61. The van der Waals surface area contributed by atoms with E-state index in [0.717, 1.165) is 16.7 Å². The first-order valence-corrected chi connectivity index (χ1v) is 11.7. The highest BCUT2D eigenvalue weighted by atomic mass is 16.5. The maximum Gasteiger partial charge on any atom is 0.305 e. The molecule has 0 aliphatic rings. The monoisotopic (exact) mass is 488 g/mol. The molecule has 9 heteroatoms. The standard InChI is InChI=1S/C27H28N4O5/c1-17(2)22(31-20-9-7-18(8-10-20)27(34)28-12-11-25(32)33)16-35-21-14-29-26(30-15-21)24-13-19-5-3-4-6-23(19)36-24/h3-10,13-15,17,22,31H,11-12,16H2,1-2H3,(H,28,34)(H,32,33)/t22-/m1/s1. The molecule has 0 fully saturated rings. The zero-order chi connectivity index (χ0) is 25.5. The number of nitrogens with zero attached hydrogens (tertiary/aromatic N) is 2. The second-order valence-electron chi connectivity index (χ2n) is 8.67. The van der Waals surface area contributed by atoms with E-state index in [9.17, 15) is 9.59 Å². The molecule has 9 nitrogen and oxygen atoms in total. The maximum atomic E-state index is 12.1. The van der Waals surface area contributed by atoms with Gasteiger partial charge in [-0.3, -0.25) is 9.59 Å². The molecule has 3 N–H and O–H groups in total. The highest BCUT2D eigenvalue weighted by Gasteiger charge is 2.16. The highest BCUT2D eigenvalue weighted by molar-refractivity contribution is 5.94. The number of benzene rings is 2. The molecule has 0 spiro atoms. The lowest BCUT2D eigenvalue weighted by Crippen LogP contribution is -2.32. The molecule has 2 aromatic carbocycles. The van der Waals surface area contributed by atoms with E-state index in [1.165, 1.54) is 0 Å².